The summed E-state index contributed by atoms with van der Waals surface area (Å²) in [4.78, 5) is 32.1. The maximum atomic E-state index is 13.9. The van der Waals surface area contributed by atoms with Crippen molar-refractivity contribution in [2.75, 3.05) is 32.9 Å². The van der Waals surface area contributed by atoms with Crippen LogP contribution in [0.4, 0.5) is 0 Å². The van der Waals surface area contributed by atoms with Gasteiger partial charge in [0.1, 0.15) is 18.0 Å². The van der Waals surface area contributed by atoms with Crippen LogP contribution >= 0.6 is 22.6 Å². The predicted molar refractivity (Wildman–Crippen MR) is 159 cm³/mol. The van der Waals surface area contributed by atoms with Crippen molar-refractivity contribution in [1.29, 1.82) is 0 Å². The highest BCUT2D eigenvalue weighted by atomic mass is 127. The normalized spacial score (nSPS) is 22.6. The number of carbonyl (C=O) groups is 2. The Morgan fingerprint density at radius 2 is 1.98 bits per heavy atom. The Kier molecular flexibility index (Phi) is 9.40. The summed E-state index contributed by atoms with van der Waals surface area (Å²) < 4.78 is 12.6. The molecule has 2 aliphatic rings. The monoisotopic (exact) mass is 659 g/mol. The van der Waals surface area contributed by atoms with E-state index < -0.39 is 18.2 Å². The van der Waals surface area contributed by atoms with Crippen LogP contribution in [0.2, 0.25) is 0 Å². The molecule has 1 aromatic heterocycles. The second-order valence-corrected chi connectivity index (χ2v) is 11.3. The average Bonchev–Trinajstić information content (AvgIpc) is 3.65. The van der Waals surface area contributed by atoms with Gasteiger partial charge in [0.15, 0.2) is 0 Å². The number of nitrogens with zero attached hydrogens (tertiary/aromatic N) is 1. The first-order chi connectivity index (χ1) is 19.4. The fourth-order valence-electron chi connectivity index (χ4n) is 5.38. The number of aliphatic hydroxyl groups is 2. The van der Waals surface area contributed by atoms with Gasteiger partial charge in [0, 0.05) is 49.3 Å². The summed E-state index contributed by atoms with van der Waals surface area (Å²) in [5.74, 6) is -0.168. The minimum atomic E-state index is -1.07. The topological polar surface area (TPSA) is 124 Å². The summed E-state index contributed by atoms with van der Waals surface area (Å²) in [6.45, 7) is 1.13. The largest absolute Gasteiger partial charge is 0.482 e. The van der Waals surface area contributed by atoms with Crippen LogP contribution in [0.5, 0.6) is 5.75 Å². The van der Waals surface area contributed by atoms with Crippen LogP contribution in [0.3, 0.4) is 0 Å². The molecule has 9 nitrogen and oxygen atoms in total. The van der Waals surface area contributed by atoms with Crippen molar-refractivity contribution in [3.8, 4) is 5.75 Å². The van der Waals surface area contributed by atoms with Crippen molar-refractivity contribution >= 4 is 45.3 Å². The number of aliphatic hydroxyl groups excluding tert-OH is 2. The summed E-state index contributed by atoms with van der Waals surface area (Å²) >= 11 is 2.16. The smallest absolute Gasteiger partial charge is 0.247 e. The van der Waals surface area contributed by atoms with Crippen molar-refractivity contribution in [3.05, 3.63) is 75.5 Å². The molecule has 4 N–H and O–H groups in total. The molecule has 212 valence electrons. The van der Waals surface area contributed by atoms with Gasteiger partial charge in [0.2, 0.25) is 11.8 Å². The number of halogens is 1. The number of hydrogen-bond donors (Lipinski definition) is 4. The lowest BCUT2D eigenvalue weighted by molar-refractivity contribution is -0.142. The minimum absolute atomic E-state index is 0.0947. The highest BCUT2D eigenvalue weighted by Crippen LogP contribution is 2.31. The Bertz CT molecular complexity index is 1340. The molecule has 2 amide bonds. The van der Waals surface area contributed by atoms with Crippen LogP contribution < -0.4 is 10.1 Å². The lowest BCUT2D eigenvalue weighted by atomic mass is 9.87. The van der Waals surface area contributed by atoms with Crippen molar-refractivity contribution in [1.82, 2.24) is 15.2 Å². The van der Waals surface area contributed by atoms with Crippen LogP contribution in [-0.2, 0) is 20.7 Å². The third-order valence-electron chi connectivity index (χ3n) is 7.48. The number of H-pyrrole nitrogens is 1. The van der Waals surface area contributed by atoms with Crippen molar-refractivity contribution in [3.63, 3.8) is 0 Å². The number of nitrogens with one attached hydrogen (secondary N) is 2. The molecule has 3 aromatic rings. The summed E-state index contributed by atoms with van der Waals surface area (Å²) in [6, 6.07) is 16.8. The Hall–Kier alpha value is -2.93. The molecule has 0 saturated carbocycles. The molecule has 0 radical (unpaired) electrons. The molecule has 2 heterocycles. The van der Waals surface area contributed by atoms with Gasteiger partial charge in [-0.2, -0.15) is 0 Å². The lowest BCUT2D eigenvalue weighted by Gasteiger charge is -2.41. The summed E-state index contributed by atoms with van der Waals surface area (Å²) in [6.07, 6.45) is 1.04. The number of amides is 2. The van der Waals surface area contributed by atoms with Gasteiger partial charge in [-0.25, -0.2) is 0 Å². The van der Waals surface area contributed by atoms with Gasteiger partial charge >= 0.3 is 0 Å². The maximum Gasteiger partial charge on any atom is 0.247 e. The molecular weight excluding hydrogens is 625 g/mol. The predicted octanol–water partition coefficient (Wildman–Crippen LogP) is 2.80. The van der Waals surface area contributed by atoms with E-state index in [1.165, 1.54) is 0 Å². The SMILES string of the molecule is O=C(NCCO)C1=CC(Oc2ccccc2I)C(O)C(N(CCc2cc3ccccc3[nH]2)C(=O)C2CCOC2)C1. The first kappa shape index (κ1) is 28.6. The highest BCUT2D eigenvalue weighted by Gasteiger charge is 2.42. The van der Waals surface area contributed by atoms with E-state index in [2.05, 4.69) is 39.0 Å². The van der Waals surface area contributed by atoms with Gasteiger partial charge in [-0.05, 0) is 64.7 Å². The molecule has 4 unspecified atom stereocenters. The number of hydrogen-bond acceptors (Lipinski definition) is 6. The summed E-state index contributed by atoms with van der Waals surface area (Å²) in [7, 11) is 0. The third kappa shape index (κ3) is 6.51. The number of aromatic amines is 1. The molecule has 1 saturated heterocycles. The van der Waals surface area contributed by atoms with Crippen LogP contribution in [0.1, 0.15) is 18.5 Å². The van der Waals surface area contributed by atoms with E-state index in [1.807, 2.05) is 48.5 Å². The van der Waals surface area contributed by atoms with Gasteiger partial charge in [-0.3, -0.25) is 9.59 Å². The molecule has 2 aromatic carbocycles. The Labute approximate surface area is 246 Å². The molecule has 40 heavy (non-hydrogen) atoms. The average molecular weight is 660 g/mol. The quantitative estimate of drug-likeness (QED) is 0.249. The van der Waals surface area contributed by atoms with E-state index >= 15 is 0 Å². The summed E-state index contributed by atoms with van der Waals surface area (Å²) in [5.41, 5.74) is 2.41. The first-order valence-electron chi connectivity index (χ1n) is 13.6. The molecule has 0 bridgehead atoms. The number of para-hydroxylation sites is 2. The standard InChI is InChI=1S/C30H34IN3O6/c31-23-6-2-4-8-26(23)40-27-17-21(29(37)32-11-13-35)16-25(28(27)36)34(30(38)20-10-14-39-18-20)12-9-22-15-19-5-1-3-7-24(19)33-22/h1-8,15,17,20,25,27-28,33,35-36H,9-14,16,18H2,(H,32,37). The maximum absolute atomic E-state index is 13.9. The van der Waals surface area contributed by atoms with E-state index in [9.17, 15) is 19.8 Å². The van der Waals surface area contributed by atoms with E-state index in [0.29, 0.717) is 43.9 Å². The minimum Gasteiger partial charge on any atom is -0.482 e. The zero-order valence-corrected chi connectivity index (χ0v) is 24.2. The Morgan fingerprint density at radius 3 is 2.73 bits per heavy atom. The molecular formula is C30H34IN3O6. The van der Waals surface area contributed by atoms with Crippen molar-refractivity contribution in [2.45, 2.75) is 37.5 Å². The molecule has 1 aliphatic heterocycles. The van der Waals surface area contributed by atoms with Crippen molar-refractivity contribution < 1.29 is 29.3 Å². The van der Waals surface area contributed by atoms with E-state index in [-0.39, 0.29) is 37.3 Å². The number of aromatic nitrogens is 1. The zero-order chi connectivity index (χ0) is 28.1. The van der Waals surface area contributed by atoms with Crippen molar-refractivity contribution in [2.24, 2.45) is 5.92 Å². The molecule has 10 heteroatoms. The van der Waals surface area contributed by atoms with E-state index in [4.69, 9.17) is 9.47 Å². The first-order valence-corrected chi connectivity index (χ1v) is 14.7. The van der Waals surface area contributed by atoms with Crippen LogP contribution in [0, 0.1) is 9.49 Å². The van der Waals surface area contributed by atoms with Gasteiger partial charge in [0.05, 0.1) is 28.7 Å². The number of ether oxygens (including phenoxy) is 2. The zero-order valence-electron chi connectivity index (χ0n) is 22.1. The number of carbonyl (C=O) groups excluding carboxylic acids is 2. The van der Waals surface area contributed by atoms with Crippen LogP contribution in [0.15, 0.2) is 66.2 Å². The second kappa shape index (κ2) is 13.2. The Balaban J connectivity index is 1.44. The number of fused-ring (bicyclic) bond motifs is 1. The number of rotatable bonds is 10. The molecule has 4 atom stereocenters. The summed E-state index contributed by atoms with van der Waals surface area (Å²) in [5, 5.41) is 24.7. The van der Waals surface area contributed by atoms with E-state index in [1.54, 1.807) is 11.0 Å². The fourth-order valence-corrected chi connectivity index (χ4v) is 5.89. The van der Waals surface area contributed by atoms with Crippen LogP contribution in [-0.4, -0.2) is 83.1 Å². The van der Waals surface area contributed by atoms with Gasteiger partial charge in [0.25, 0.3) is 0 Å². The van der Waals surface area contributed by atoms with Crippen LogP contribution in [0.25, 0.3) is 10.9 Å². The number of benzene rings is 2. The molecule has 1 aliphatic carbocycles. The lowest BCUT2D eigenvalue weighted by Crippen LogP contribution is -2.56. The van der Waals surface area contributed by atoms with E-state index in [0.717, 1.165) is 20.2 Å². The molecule has 1 fully saturated rings. The second-order valence-electron chi connectivity index (χ2n) is 10.2. The van der Waals surface area contributed by atoms with Gasteiger partial charge in [-0.1, -0.05) is 30.3 Å². The van der Waals surface area contributed by atoms with Gasteiger partial charge in [-0.15, -0.1) is 0 Å². The molecule has 5 rings (SSSR count). The third-order valence-corrected chi connectivity index (χ3v) is 8.38. The van der Waals surface area contributed by atoms with Gasteiger partial charge < -0.3 is 34.9 Å². The molecule has 0 spiro atoms. The Morgan fingerprint density at radius 1 is 1.18 bits per heavy atom. The highest BCUT2D eigenvalue weighted by molar-refractivity contribution is 14.1. The fraction of sp³-hybridized carbons (Fsp3) is 0.400.